The standard InChI is InChI=1S/C13H22IN5O2/c1-2-3-4-5-10(14)19-9-6-11(18-13(19)21)17-12(20)16-8-7-15/h6,9-10H,2-5,7-8,15H2,1H3,(H2,16,17,18,20,21). The number of rotatable bonds is 8. The number of urea groups is 1. The summed E-state index contributed by atoms with van der Waals surface area (Å²) in [5.41, 5.74) is 4.93. The molecule has 1 unspecified atom stereocenters. The van der Waals surface area contributed by atoms with Crippen molar-refractivity contribution in [2.45, 2.75) is 36.7 Å². The van der Waals surface area contributed by atoms with Crippen molar-refractivity contribution in [2.75, 3.05) is 18.4 Å². The summed E-state index contributed by atoms with van der Waals surface area (Å²) >= 11 is 2.24. The number of anilines is 1. The van der Waals surface area contributed by atoms with Crippen LogP contribution in [0.4, 0.5) is 10.6 Å². The molecule has 4 N–H and O–H groups in total. The van der Waals surface area contributed by atoms with Crippen molar-refractivity contribution in [3.05, 3.63) is 22.7 Å². The topological polar surface area (TPSA) is 102 Å². The third-order valence-electron chi connectivity index (χ3n) is 2.85. The van der Waals surface area contributed by atoms with E-state index in [1.807, 2.05) is 0 Å². The molecule has 0 radical (unpaired) electrons. The highest BCUT2D eigenvalue weighted by Gasteiger charge is 2.10. The molecule has 0 aliphatic rings. The van der Waals surface area contributed by atoms with Crippen LogP contribution in [0.25, 0.3) is 0 Å². The number of hydrogen-bond donors (Lipinski definition) is 3. The molecule has 0 saturated carbocycles. The van der Waals surface area contributed by atoms with Gasteiger partial charge >= 0.3 is 11.7 Å². The normalized spacial score (nSPS) is 12.0. The molecule has 8 heteroatoms. The van der Waals surface area contributed by atoms with Crippen molar-refractivity contribution >= 4 is 34.4 Å². The number of alkyl halides is 1. The van der Waals surface area contributed by atoms with E-state index in [-0.39, 0.29) is 15.6 Å². The summed E-state index contributed by atoms with van der Waals surface area (Å²) in [7, 11) is 0. The number of aromatic nitrogens is 2. The van der Waals surface area contributed by atoms with E-state index in [2.05, 4.69) is 45.1 Å². The second kappa shape index (κ2) is 9.72. The van der Waals surface area contributed by atoms with Crippen molar-refractivity contribution in [1.82, 2.24) is 14.9 Å². The average molecular weight is 407 g/mol. The molecule has 118 valence electrons. The van der Waals surface area contributed by atoms with E-state index in [0.717, 1.165) is 25.7 Å². The van der Waals surface area contributed by atoms with E-state index in [4.69, 9.17) is 5.73 Å². The third kappa shape index (κ3) is 6.42. The lowest BCUT2D eigenvalue weighted by Gasteiger charge is -2.13. The Morgan fingerprint density at radius 1 is 1.52 bits per heavy atom. The first-order chi connectivity index (χ1) is 10.1. The Balaban J connectivity index is 2.63. The zero-order chi connectivity index (χ0) is 15.7. The first kappa shape index (κ1) is 17.9. The van der Waals surface area contributed by atoms with Crippen LogP contribution in [0.1, 0.15) is 36.7 Å². The fourth-order valence-electron chi connectivity index (χ4n) is 1.74. The van der Waals surface area contributed by atoms with Gasteiger partial charge in [-0.05, 0) is 12.5 Å². The van der Waals surface area contributed by atoms with Gasteiger partial charge in [-0.3, -0.25) is 9.88 Å². The highest BCUT2D eigenvalue weighted by molar-refractivity contribution is 14.1. The Kier molecular flexibility index (Phi) is 8.28. The first-order valence-corrected chi connectivity index (χ1v) is 8.31. The fourth-order valence-corrected chi connectivity index (χ4v) is 2.61. The van der Waals surface area contributed by atoms with Gasteiger partial charge in [-0.1, -0.05) is 48.8 Å². The lowest BCUT2D eigenvalue weighted by molar-refractivity contribution is 0.252. The van der Waals surface area contributed by atoms with Crippen LogP contribution in [0.15, 0.2) is 17.1 Å². The van der Waals surface area contributed by atoms with Crippen LogP contribution in [0.2, 0.25) is 0 Å². The maximum absolute atomic E-state index is 12.0. The summed E-state index contributed by atoms with van der Waals surface area (Å²) in [6.45, 7) is 2.87. The minimum Gasteiger partial charge on any atom is -0.337 e. The Labute approximate surface area is 137 Å². The predicted octanol–water partition coefficient (Wildman–Crippen LogP) is 1.84. The molecule has 21 heavy (non-hydrogen) atoms. The molecule has 0 fully saturated rings. The summed E-state index contributed by atoms with van der Waals surface area (Å²) in [4.78, 5) is 27.3. The van der Waals surface area contributed by atoms with Crippen LogP contribution >= 0.6 is 22.6 Å². The van der Waals surface area contributed by atoms with Crippen molar-refractivity contribution in [1.29, 1.82) is 0 Å². The second-order valence-corrected chi connectivity index (χ2v) is 6.04. The van der Waals surface area contributed by atoms with Gasteiger partial charge in [-0.15, -0.1) is 0 Å². The maximum atomic E-state index is 12.0. The van der Waals surface area contributed by atoms with Gasteiger partial charge in [-0.25, -0.2) is 9.59 Å². The Morgan fingerprint density at radius 2 is 2.29 bits per heavy atom. The Hall–Kier alpha value is -1.16. The molecule has 1 rings (SSSR count). The van der Waals surface area contributed by atoms with E-state index in [9.17, 15) is 9.59 Å². The van der Waals surface area contributed by atoms with Gasteiger partial charge in [0.1, 0.15) is 5.82 Å². The van der Waals surface area contributed by atoms with E-state index >= 15 is 0 Å². The smallest absolute Gasteiger partial charge is 0.337 e. The van der Waals surface area contributed by atoms with Gasteiger partial charge in [-0.2, -0.15) is 4.98 Å². The molecule has 1 aromatic rings. The zero-order valence-electron chi connectivity index (χ0n) is 12.1. The second-order valence-electron chi connectivity index (χ2n) is 4.60. The largest absolute Gasteiger partial charge is 0.350 e. The van der Waals surface area contributed by atoms with Crippen molar-refractivity contribution < 1.29 is 4.79 Å². The van der Waals surface area contributed by atoms with E-state index in [0.29, 0.717) is 13.1 Å². The fraction of sp³-hybridized carbons (Fsp3) is 0.615. The number of halogens is 1. The van der Waals surface area contributed by atoms with Crippen LogP contribution in [0.5, 0.6) is 0 Å². The maximum Gasteiger partial charge on any atom is 0.350 e. The van der Waals surface area contributed by atoms with Gasteiger partial charge in [0.15, 0.2) is 0 Å². The first-order valence-electron chi connectivity index (χ1n) is 7.06. The minimum atomic E-state index is -0.418. The van der Waals surface area contributed by atoms with E-state index < -0.39 is 6.03 Å². The molecule has 1 aromatic heterocycles. The number of amides is 2. The molecule has 2 amide bonds. The van der Waals surface area contributed by atoms with Gasteiger partial charge in [0, 0.05) is 19.3 Å². The molecular weight excluding hydrogens is 385 g/mol. The number of hydrogen-bond acceptors (Lipinski definition) is 4. The zero-order valence-corrected chi connectivity index (χ0v) is 14.3. The lowest BCUT2D eigenvalue weighted by Crippen LogP contribution is -2.34. The number of nitrogens with two attached hydrogens (primary N) is 1. The Bertz CT molecular complexity index is 506. The highest BCUT2D eigenvalue weighted by atomic mass is 127. The molecule has 0 aliphatic carbocycles. The average Bonchev–Trinajstić information content (AvgIpc) is 2.45. The van der Waals surface area contributed by atoms with Gasteiger partial charge in [0.05, 0.1) is 4.05 Å². The molecule has 0 saturated heterocycles. The van der Waals surface area contributed by atoms with Crippen LogP contribution in [-0.2, 0) is 0 Å². The molecule has 0 aliphatic heterocycles. The molecule has 0 spiro atoms. The summed E-state index contributed by atoms with van der Waals surface area (Å²) < 4.78 is 1.66. The van der Waals surface area contributed by atoms with Gasteiger partial charge in [0.2, 0.25) is 0 Å². The minimum absolute atomic E-state index is 0.0780. The van der Waals surface area contributed by atoms with Crippen molar-refractivity contribution in [3.8, 4) is 0 Å². The molecular formula is C13H22IN5O2. The van der Waals surface area contributed by atoms with Crippen LogP contribution in [-0.4, -0.2) is 28.7 Å². The quantitative estimate of drug-likeness (QED) is 0.348. The third-order valence-corrected chi connectivity index (χ3v) is 4.07. The van der Waals surface area contributed by atoms with Gasteiger partial charge in [0.25, 0.3) is 0 Å². The molecule has 0 aromatic carbocycles. The number of unbranched alkanes of at least 4 members (excludes halogenated alkanes) is 2. The highest BCUT2D eigenvalue weighted by Crippen LogP contribution is 2.21. The lowest BCUT2D eigenvalue weighted by atomic mass is 10.2. The monoisotopic (exact) mass is 407 g/mol. The van der Waals surface area contributed by atoms with E-state index in [1.165, 1.54) is 0 Å². The van der Waals surface area contributed by atoms with Gasteiger partial charge < -0.3 is 11.1 Å². The summed E-state index contributed by atoms with van der Waals surface area (Å²) in [5.74, 6) is 0.239. The molecule has 1 heterocycles. The molecule has 7 nitrogen and oxygen atoms in total. The van der Waals surface area contributed by atoms with Crippen LogP contribution in [0, 0.1) is 0 Å². The Morgan fingerprint density at radius 3 is 2.90 bits per heavy atom. The summed E-state index contributed by atoms with van der Waals surface area (Å²) in [6, 6.07) is 1.20. The van der Waals surface area contributed by atoms with Crippen LogP contribution in [0.3, 0.4) is 0 Å². The summed E-state index contributed by atoms with van der Waals surface area (Å²) in [5, 5.41) is 5.05. The molecule has 1 atom stereocenters. The number of nitrogens with one attached hydrogen (secondary N) is 2. The predicted molar refractivity (Wildman–Crippen MR) is 91.8 cm³/mol. The van der Waals surface area contributed by atoms with Crippen molar-refractivity contribution in [2.24, 2.45) is 5.73 Å². The SMILES string of the molecule is CCCCCC(I)n1ccc(NC(=O)NCCN)nc1=O. The van der Waals surface area contributed by atoms with Crippen molar-refractivity contribution in [3.63, 3.8) is 0 Å². The number of nitrogens with zero attached hydrogens (tertiary/aromatic N) is 2. The van der Waals surface area contributed by atoms with E-state index in [1.54, 1.807) is 16.8 Å². The summed E-state index contributed by atoms with van der Waals surface area (Å²) in [6.07, 6.45) is 5.98. The van der Waals surface area contributed by atoms with Crippen LogP contribution < -0.4 is 22.1 Å². The number of carbonyl (C=O) groups is 1. The number of carbonyl (C=O) groups excluding carboxylic acids is 1. The molecule has 0 bridgehead atoms.